The van der Waals surface area contributed by atoms with Gasteiger partial charge in [0, 0.05) is 12.5 Å². The third-order valence-electron chi connectivity index (χ3n) is 2.12. The Morgan fingerprint density at radius 2 is 1.82 bits per heavy atom. The Balaban J connectivity index is 2.82. The highest BCUT2D eigenvalue weighted by molar-refractivity contribution is 6.42. The van der Waals surface area contributed by atoms with Gasteiger partial charge in [-0.3, -0.25) is 9.59 Å². The number of phenols is 1. The molecule has 4 nitrogen and oxygen atoms in total. The van der Waals surface area contributed by atoms with Crippen molar-refractivity contribution in [3.05, 3.63) is 27.7 Å². The van der Waals surface area contributed by atoms with Crippen LogP contribution in [0.3, 0.4) is 0 Å². The van der Waals surface area contributed by atoms with Gasteiger partial charge in [0.2, 0.25) is 0 Å². The van der Waals surface area contributed by atoms with Gasteiger partial charge in [0.15, 0.2) is 5.78 Å². The number of hydrogen-bond acceptors (Lipinski definition) is 4. The molecule has 0 heterocycles. The summed E-state index contributed by atoms with van der Waals surface area (Å²) in [5, 5.41) is 9.86. The number of hydrogen-bond donors (Lipinski definition) is 1. The number of benzene rings is 1. The van der Waals surface area contributed by atoms with Gasteiger partial charge in [-0.2, -0.15) is 0 Å². The lowest BCUT2D eigenvalue weighted by Gasteiger charge is -2.05. The molecule has 92 valence electrons. The molecule has 0 aromatic heterocycles. The fourth-order valence-electron chi connectivity index (χ4n) is 1.21. The summed E-state index contributed by atoms with van der Waals surface area (Å²) in [5.41, 5.74) is 0.0447. The summed E-state index contributed by atoms with van der Waals surface area (Å²) in [7, 11) is 1.24. The molecule has 0 saturated heterocycles. The zero-order valence-electron chi connectivity index (χ0n) is 9.00. The Hall–Kier alpha value is -1.26. The fourth-order valence-corrected chi connectivity index (χ4v) is 1.53. The number of phenolic OH excluding ortho intramolecular Hbond substituents is 1. The van der Waals surface area contributed by atoms with Crippen LogP contribution in [0.15, 0.2) is 12.1 Å². The molecule has 0 spiro atoms. The van der Waals surface area contributed by atoms with Crippen molar-refractivity contribution in [3.63, 3.8) is 0 Å². The van der Waals surface area contributed by atoms with Crippen LogP contribution in [0, 0.1) is 0 Å². The monoisotopic (exact) mass is 276 g/mol. The number of ketones is 1. The van der Waals surface area contributed by atoms with Gasteiger partial charge in [0.1, 0.15) is 5.75 Å². The van der Waals surface area contributed by atoms with E-state index in [0.29, 0.717) is 0 Å². The first kappa shape index (κ1) is 13.8. The number of aromatic hydroxyl groups is 1. The maximum absolute atomic E-state index is 11.7. The predicted octanol–water partition coefficient (Wildman–Crippen LogP) is 2.83. The first-order valence-electron chi connectivity index (χ1n) is 4.73. The highest BCUT2D eigenvalue weighted by Gasteiger charge is 2.15. The minimum Gasteiger partial charge on any atom is -0.507 e. The number of methoxy groups -OCH3 is 1. The van der Waals surface area contributed by atoms with Crippen molar-refractivity contribution in [1.29, 1.82) is 0 Å². The quantitative estimate of drug-likeness (QED) is 0.679. The summed E-state index contributed by atoms with van der Waals surface area (Å²) in [5.74, 6) is -1.14. The van der Waals surface area contributed by atoms with E-state index in [0.717, 1.165) is 0 Å². The Labute approximate surface area is 108 Å². The van der Waals surface area contributed by atoms with Gasteiger partial charge in [-0.25, -0.2) is 0 Å². The molecule has 17 heavy (non-hydrogen) atoms. The van der Waals surface area contributed by atoms with Crippen molar-refractivity contribution < 1.29 is 19.4 Å². The standard InChI is InChI=1S/C11H10Cl2O4/c1-17-11(16)3-2-9(14)6-4-7(12)8(13)5-10(6)15/h4-5,15H,2-3H2,1H3. The van der Waals surface area contributed by atoms with E-state index in [4.69, 9.17) is 23.2 Å². The van der Waals surface area contributed by atoms with Gasteiger partial charge >= 0.3 is 5.97 Å². The number of Topliss-reactive ketones (excluding diaryl/α,β-unsaturated/α-hetero) is 1. The first-order valence-corrected chi connectivity index (χ1v) is 5.49. The van der Waals surface area contributed by atoms with Crippen LogP contribution in [-0.4, -0.2) is 24.0 Å². The Morgan fingerprint density at radius 3 is 2.41 bits per heavy atom. The van der Waals surface area contributed by atoms with Crippen LogP contribution in [-0.2, 0) is 9.53 Å². The van der Waals surface area contributed by atoms with Crippen molar-refractivity contribution in [2.75, 3.05) is 7.11 Å². The molecule has 0 fully saturated rings. The Bertz CT molecular complexity index is 457. The van der Waals surface area contributed by atoms with E-state index in [1.807, 2.05) is 0 Å². The SMILES string of the molecule is COC(=O)CCC(=O)c1cc(Cl)c(Cl)cc1O. The number of esters is 1. The summed E-state index contributed by atoms with van der Waals surface area (Å²) in [6.07, 6.45) is -0.104. The molecule has 0 saturated carbocycles. The van der Waals surface area contributed by atoms with Crippen molar-refractivity contribution in [2.24, 2.45) is 0 Å². The second-order valence-electron chi connectivity index (χ2n) is 3.28. The number of rotatable bonds is 4. The van der Waals surface area contributed by atoms with E-state index < -0.39 is 11.8 Å². The maximum atomic E-state index is 11.7. The lowest BCUT2D eigenvalue weighted by molar-refractivity contribution is -0.140. The molecule has 6 heteroatoms. The average Bonchev–Trinajstić information content (AvgIpc) is 2.30. The van der Waals surface area contributed by atoms with Crippen molar-refractivity contribution in [2.45, 2.75) is 12.8 Å². The van der Waals surface area contributed by atoms with Gasteiger partial charge < -0.3 is 9.84 Å². The second-order valence-corrected chi connectivity index (χ2v) is 4.10. The normalized spacial score (nSPS) is 10.1. The van der Waals surface area contributed by atoms with Crippen LogP contribution < -0.4 is 0 Å². The van der Waals surface area contributed by atoms with Crippen LogP contribution in [0.5, 0.6) is 5.75 Å². The molecule has 1 N–H and O–H groups in total. The van der Waals surface area contributed by atoms with Gasteiger partial charge in [-0.05, 0) is 6.07 Å². The van der Waals surface area contributed by atoms with E-state index in [9.17, 15) is 14.7 Å². The highest BCUT2D eigenvalue weighted by Crippen LogP contribution is 2.30. The Morgan fingerprint density at radius 1 is 1.24 bits per heavy atom. The third kappa shape index (κ3) is 3.61. The molecule has 0 unspecified atom stereocenters. The maximum Gasteiger partial charge on any atom is 0.305 e. The van der Waals surface area contributed by atoms with Gasteiger partial charge in [0.25, 0.3) is 0 Å². The zero-order valence-corrected chi connectivity index (χ0v) is 10.5. The smallest absolute Gasteiger partial charge is 0.305 e. The van der Waals surface area contributed by atoms with Crippen molar-refractivity contribution in [3.8, 4) is 5.75 Å². The molecule has 1 aromatic rings. The van der Waals surface area contributed by atoms with Crippen LogP contribution in [0.2, 0.25) is 10.0 Å². The zero-order chi connectivity index (χ0) is 13.0. The molecule has 0 bridgehead atoms. The summed E-state index contributed by atoms with van der Waals surface area (Å²) < 4.78 is 4.41. The number of halogens is 2. The summed E-state index contributed by atoms with van der Waals surface area (Å²) >= 11 is 11.4. The average molecular weight is 277 g/mol. The molecule has 0 aliphatic rings. The number of ether oxygens (including phenoxy) is 1. The van der Waals surface area contributed by atoms with E-state index in [-0.39, 0.29) is 34.2 Å². The lowest BCUT2D eigenvalue weighted by atomic mass is 10.1. The predicted molar refractivity (Wildman–Crippen MR) is 63.7 cm³/mol. The van der Waals surface area contributed by atoms with E-state index in [1.165, 1.54) is 19.2 Å². The summed E-state index contributed by atoms with van der Waals surface area (Å²) in [4.78, 5) is 22.5. The number of carbonyl (C=O) groups is 2. The fraction of sp³-hybridized carbons (Fsp3) is 0.273. The summed E-state index contributed by atoms with van der Waals surface area (Å²) in [6, 6.07) is 2.47. The molecule has 0 amide bonds. The van der Waals surface area contributed by atoms with Crippen LogP contribution in [0.1, 0.15) is 23.2 Å². The van der Waals surface area contributed by atoms with E-state index in [1.54, 1.807) is 0 Å². The van der Waals surface area contributed by atoms with Crippen LogP contribution >= 0.6 is 23.2 Å². The van der Waals surface area contributed by atoms with E-state index >= 15 is 0 Å². The van der Waals surface area contributed by atoms with Crippen LogP contribution in [0.4, 0.5) is 0 Å². The molecule has 0 atom stereocenters. The molecular weight excluding hydrogens is 267 g/mol. The summed E-state index contributed by atoms with van der Waals surface area (Å²) in [6.45, 7) is 0. The minimum absolute atomic E-state index is 0.0447. The molecule has 1 aromatic carbocycles. The van der Waals surface area contributed by atoms with Gasteiger partial charge in [-0.15, -0.1) is 0 Å². The molecule has 0 aliphatic heterocycles. The second kappa shape index (κ2) is 5.89. The highest BCUT2D eigenvalue weighted by atomic mass is 35.5. The topological polar surface area (TPSA) is 63.6 Å². The van der Waals surface area contributed by atoms with Gasteiger partial charge in [-0.1, -0.05) is 23.2 Å². The molecule has 0 aliphatic carbocycles. The van der Waals surface area contributed by atoms with Crippen molar-refractivity contribution in [1.82, 2.24) is 0 Å². The van der Waals surface area contributed by atoms with Crippen LogP contribution in [0.25, 0.3) is 0 Å². The number of carbonyl (C=O) groups excluding carboxylic acids is 2. The van der Waals surface area contributed by atoms with E-state index in [2.05, 4.69) is 4.74 Å². The third-order valence-corrected chi connectivity index (χ3v) is 2.85. The first-order chi connectivity index (χ1) is 7.95. The minimum atomic E-state index is -0.488. The molecule has 1 rings (SSSR count). The Kier molecular flexibility index (Phi) is 4.78. The molecular formula is C11H10Cl2O4. The van der Waals surface area contributed by atoms with Crippen molar-refractivity contribution >= 4 is 35.0 Å². The lowest BCUT2D eigenvalue weighted by Crippen LogP contribution is -2.06. The largest absolute Gasteiger partial charge is 0.507 e. The molecule has 0 radical (unpaired) electrons. The van der Waals surface area contributed by atoms with Gasteiger partial charge in [0.05, 0.1) is 29.1 Å².